The minimum Gasteiger partial charge on any atom is -0.493 e. The number of nitrogens with zero attached hydrogens (tertiary/aromatic N) is 2. The molecule has 1 amide bonds. The van der Waals surface area contributed by atoms with E-state index in [0.717, 1.165) is 48.2 Å². The Labute approximate surface area is 255 Å². The third-order valence-electron chi connectivity index (χ3n) is 8.19. The fraction of sp³-hybridized carbons (Fsp3) is 0.424. The molecule has 9 nitrogen and oxygen atoms in total. The molecule has 43 heavy (non-hydrogen) atoms. The molecule has 0 spiro atoms. The molecule has 1 aliphatic heterocycles. The number of aliphatic carboxylic acids is 2. The fourth-order valence-corrected chi connectivity index (χ4v) is 6.36. The van der Waals surface area contributed by atoms with Crippen molar-refractivity contribution in [3.63, 3.8) is 0 Å². The molecule has 0 unspecified atom stereocenters. The van der Waals surface area contributed by atoms with Crippen LogP contribution in [-0.2, 0) is 16.0 Å². The summed E-state index contributed by atoms with van der Waals surface area (Å²) in [5.74, 6) is -0.266. The predicted octanol–water partition coefficient (Wildman–Crippen LogP) is 5.39. The molecule has 228 valence electrons. The standard InChI is InChI=1S/C33H38N2O7S/c1-34-10-12-35(13-11-34)33(40)25-16-23(22-9-15-43-21-22)17-26(20-25)42-27-18-24(19-27)28-4-2-5-30(29(28)7-8-32(38)39)41-14-3-6-31(36)37/h2,4-5,9,15-17,20-21,24,27H,3,6-8,10-14,18-19H2,1H3,(H,36,37)(H,38,39). The smallest absolute Gasteiger partial charge is 0.303 e. The van der Waals surface area contributed by atoms with Gasteiger partial charge in [0.25, 0.3) is 5.91 Å². The highest BCUT2D eigenvalue weighted by Gasteiger charge is 2.34. The summed E-state index contributed by atoms with van der Waals surface area (Å²) < 4.78 is 12.4. The number of carboxylic acids is 2. The molecule has 2 aromatic carbocycles. The zero-order valence-corrected chi connectivity index (χ0v) is 25.2. The number of carbonyl (C=O) groups is 3. The first-order chi connectivity index (χ1) is 20.8. The second-order valence-corrected chi connectivity index (χ2v) is 12.1. The summed E-state index contributed by atoms with van der Waals surface area (Å²) in [5.41, 5.74) is 4.55. The van der Waals surface area contributed by atoms with E-state index in [4.69, 9.17) is 14.6 Å². The van der Waals surface area contributed by atoms with Crippen LogP contribution in [0.4, 0.5) is 0 Å². The van der Waals surface area contributed by atoms with E-state index in [-0.39, 0.29) is 37.4 Å². The van der Waals surface area contributed by atoms with Crippen molar-refractivity contribution in [1.82, 2.24) is 9.80 Å². The Balaban J connectivity index is 1.30. The van der Waals surface area contributed by atoms with E-state index in [9.17, 15) is 19.5 Å². The Morgan fingerprint density at radius 3 is 2.42 bits per heavy atom. The van der Waals surface area contributed by atoms with Crippen LogP contribution in [0.5, 0.6) is 11.5 Å². The van der Waals surface area contributed by atoms with Crippen LogP contribution in [0, 0.1) is 0 Å². The van der Waals surface area contributed by atoms with Crippen LogP contribution in [-0.4, -0.2) is 83.8 Å². The molecule has 2 N–H and O–H groups in total. The second-order valence-electron chi connectivity index (χ2n) is 11.3. The molecule has 2 fully saturated rings. The zero-order chi connectivity index (χ0) is 30.3. The normalized spacial score (nSPS) is 18.6. The molecule has 1 saturated heterocycles. The number of ether oxygens (including phenoxy) is 2. The minimum absolute atomic E-state index is 0.0160. The van der Waals surface area contributed by atoms with Crippen LogP contribution >= 0.6 is 11.3 Å². The van der Waals surface area contributed by atoms with Gasteiger partial charge in [-0.3, -0.25) is 14.4 Å². The van der Waals surface area contributed by atoms with Gasteiger partial charge in [0.1, 0.15) is 11.5 Å². The molecular formula is C33H38N2O7S. The lowest BCUT2D eigenvalue weighted by Gasteiger charge is -2.37. The molecule has 1 saturated carbocycles. The predicted molar refractivity (Wildman–Crippen MR) is 164 cm³/mol. The topological polar surface area (TPSA) is 117 Å². The maximum absolute atomic E-state index is 13.5. The number of carboxylic acid groups (broad SMARTS) is 2. The Morgan fingerprint density at radius 2 is 1.72 bits per heavy atom. The molecule has 2 heterocycles. The summed E-state index contributed by atoms with van der Waals surface area (Å²) in [6.45, 7) is 3.36. The summed E-state index contributed by atoms with van der Waals surface area (Å²) in [7, 11) is 2.07. The number of hydrogen-bond acceptors (Lipinski definition) is 7. The Morgan fingerprint density at radius 1 is 0.953 bits per heavy atom. The third kappa shape index (κ3) is 7.94. The van der Waals surface area contributed by atoms with Gasteiger partial charge in [-0.25, -0.2) is 0 Å². The Kier molecular flexibility index (Phi) is 9.99. The number of thiophene rings is 1. The number of piperazine rings is 1. The average Bonchev–Trinajstić information content (AvgIpc) is 3.51. The van der Waals surface area contributed by atoms with Gasteiger partial charge in [0.15, 0.2) is 0 Å². The van der Waals surface area contributed by atoms with Crippen molar-refractivity contribution in [3.05, 3.63) is 69.9 Å². The van der Waals surface area contributed by atoms with Crippen molar-refractivity contribution in [3.8, 4) is 22.6 Å². The van der Waals surface area contributed by atoms with Gasteiger partial charge in [-0.1, -0.05) is 12.1 Å². The van der Waals surface area contributed by atoms with Crippen molar-refractivity contribution in [2.75, 3.05) is 39.8 Å². The molecule has 5 rings (SSSR count). The van der Waals surface area contributed by atoms with Crippen molar-refractivity contribution in [2.45, 2.75) is 50.5 Å². The van der Waals surface area contributed by atoms with Crippen LogP contribution in [0.1, 0.15) is 59.5 Å². The van der Waals surface area contributed by atoms with Crippen molar-refractivity contribution in [1.29, 1.82) is 0 Å². The molecule has 3 aromatic rings. The van der Waals surface area contributed by atoms with Gasteiger partial charge in [0.2, 0.25) is 0 Å². The highest BCUT2D eigenvalue weighted by atomic mass is 32.1. The van der Waals surface area contributed by atoms with Crippen molar-refractivity contribution >= 4 is 29.2 Å². The lowest BCUT2D eigenvalue weighted by Crippen LogP contribution is -2.47. The summed E-state index contributed by atoms with van der Waals surface area (Å²) in [4.78, 5) is 39.9. The fourth-order valence-electron chi connectivity index (χ4n) is 5.69. The highest BCUT2D eigenvalue weighted by Crippen LogP contribution is 2.43. The number of amides is 1. The molecule has 1 aromatic heterocycles. The van der Waals surface area contributed by atoms with E-state index < -0.39 is 11.9 Å². The maximum atomic E-state index is 13.5. The number of likely N-dealkylation sites (N-methyl/N-ethyl adjacent to an activating group) is 1. The molecule has 0 bridgehead atoms. The minimum atomic E-state index is -0.881. The number of carbonyl (C=O) groups excluding carboxylic acids is 1. The van der Waals surface area contributed by atoms with E-state index in [1.54, 1.807) is 11.3 Å². The van der Waals surface area contributed by atoms with Crippen LogP contribution in [0.25, 0.3) is 11.1 Å². The van der Waals surface area contributed by atoms with E-state index in [0.29, 0.717) is 43.0 Å². The lowest BCUT2D eigenvalue weighted by molar-refractivity contribution is -0.138. The summed E-state index contributed by atoms with van der Waals surface area (Å²) in [6.07, 6.45) is 2.18. The zero-order valence-electron chi connectivity index (χ0n) is 24.4. The summed E-state index contributed by atoms with van der Waals surface area (Å²) in [6, 6.07) is 13.6. The van der Waals surface area contributed by atoms with E-state index in [2.05, 4.69) is 17.3 Å². The van der Waals surface area contributed by atoms with E-state index in [1.807, 2.05) is 52.7 Å². The quantitative estimate of drug-likeness (QED) is 0.249. The maximum Gasteiger partial charge on any atom is 0.303 e. The second kappa shape index (κ2) is 14.1. The number of rotatable bonds is 13. The molecule has 0 atom stereocenters. The SMILES string of the molecule is CN1CCN(C(=O)c2cc(OC3CC(c4cccc(OCCCC(=O)O)c4CCC(=O)O)C3)cc(-c3ccsc3)c2)CC1. The van der Waals surface area contributed by atoms with Gasteiger partial charge >= 0.3 is 11.9 Å². The molecular weight excluding hydrogens is 568 g/mol. The van der Waals surface area contributed by atoms with Gasteiger partial charge < -0.3 is 29.5 Å². The van der Waals surface area contributed by atoms with Gasteiger partial charge in [0.05, 0.1) is 12.7 Å². The van der Waals surface area contributed by atoms with E-state index >= 15 is 0 Å². The van der Waals surface area contributed by atoms with Crippen molar-refractivity contribution < 1.29 is 34.1 Å². The van der Waals surface area contributed by atoms with Crippen LogP contribution in [0.15, 0.2) is 53.2 Å². The molecule has 0 radical (unpaired) electrons. The largest absolute Gasteiger partial charge is 0.493 e. The molecule has 10 heteroatoms. The first-order valence-corrected chi connectivity index (χ1v) is 15.7. The molecule has 2 aliphatic rings. The van der Waals surface area contributed by atoms with E-state index in [1.165, 1.54) is 0 Å². The number of hydrogen-bond donors (Lipinski definition) is 2. The third-order valence-corrected chi connectivity index (χ3v) is 8.87. The number of benzene rings is 2. The van der Waals surface area contributed by atoms with Crippen LogP contribution < -0.4 is 9.47 Å². The van der Waals surface area contributed by atoms with Gasteiger partial charge in [-0.2, -0.15) is 11.3 Å². The van der Waals surface area contributed by atoms with Crippen LogP contribution in [0.2, 0.25) is 0 Å². The van der Waals surface area contributed by atoms with Gasteiger partial charge in [-0.05, 0) is 102 Å². The first-order valence-electron chi connectivity index (χ1n) is 14.8. The Hall–Kier alpha value is -3.89. The summed E-state index contributed by atoms with van der Waals surface area (Å²) in [5, 5.41) is 22.3. The van der Waals surface area contributed by atoms with Crippen LogP contribution in [0.3, 0.4) is 0 Å². The average molecular weight is 607 g/mol. The lowest BCUT2D eigenvalue weighted by atomic mass is 9.75. The summed E-state index contributed by atoms with van der Waals surface area (Å²) >= 11 is 1.61. The van der Waals surface area contributed by atoms with Gasteiger partial charge in [0, 0.05) is 44.6 Å². The van der Waals surface area contributed by atoms with Gasteiger partial charge in [-0.15, -0.1) is 0 Å². The first kappa shape index (κ1) is 30.6. The van der Waals surface area contributed by atoms with Crippen molar-refractivity contribution in [2.24, 2.45) is 0 Å². The molecule has 1 aliphatic carbocycles. The highest BCUT2D eigenvalue weighted by molar-refractivity contribution is 7.08. The Bertz CT molecular complexity index is 1430. The monoisotopic (exact) mass is 606 g/mol.